The molecule has 3 nitrogen and oxygen atoms in total. The van der Waals surface area contributed by atoms with Gasteiger partial charge in [-0.3, -0.25) is 4.79 Å². The highest BCUT2D eigenvalue weighted by Crippen LogP contribution is 2.42. The molecule has 2 atom stereocenters. The molecule has 0 spiro atoms. The Morgan fingerprint density at radius 2 is 1.84 bits per heavy atom. The van der Waals surface area contributed by atoms with Gasteiger partial charge in [-0.1, -0.05) is 12.5 Å². The molecule has 3 N–H and O–H groups in total. The molecule has 3 rings (SSSR count). The monoisotopic (exact) mass is 358 g/mol. The summed E-state index contributed by atoms with van der Waals surface area (Å²) in [6.45, 7) is -0.258. The van der Waals surface area contributed by atoms with Gasteiger partial charge in [0.15, 0.2) is 0 Å². The second kappa shape index (κ2) is 6.94. The number of carbonyl (C=O) groups excluding carboxylic acids is 1. The summed E-state index contributed by atoms with van der Waals surface area (Å²) in [5, 5.41) is 2.60. The highest BCUT2D eigenvalue weighted by atomic mass is 19.4. The molecule has 2 unspecified atom stereocenters. The van der Waals surface area contributed by atoms with Crippen molar-refractivity contribution in [3.63, 3.8) is 0 Å². The highest BCUT2D eigenvalue weighted by molar-refractivity contribution is 5.78. The summed E-state index contributed by atoms with van der Waals surface area (Å²) >= 11 is 0. The van der Waals surface area contributed by atoms with Gasteiger partial charge < -0.3 is 11.1 Å². The average molecular weight is 358 g/mol. The molecule has 0 heterocycles. The van der Waals surface area contributed by atoms with Gasteiger partial charge >= 0.3 is 6.18 Å². The van der Waals surface area contributed by atoms with Crippen molar-refractivity contribution in [3.8, 4) is 0 Å². The van der Waals surface area contributed by atoms with Gasteiger partial charge in [0.2, 0.25) is 5.91 Å². The molecule has 25 heavy (non-hydrogen) atoms. The summed E-state index contributed by atoms with van der Waals surface area (Å²) in [5.74, 6) is -0.748. The number of amides is 1. The predicted octanol–water partition coefficient (Wildman–Crippen LogP) is 3.61. The van der Waals surface area contributed by atoms with Gasteiger partial charge in [0.05, 0.1) is 5.56 Å². The van der Waals surface area contributed by atoms with Gasteiger partial charge in [-0.15, -0.1) is 0 Å². The maximum absolute atomic E-state index is 13.1. The Morgan fingerprint density at radius 1 is 1.20 bits per heavy atom. The molecule has 2 aliphatic carbocycles. The molecule has 2 bridgehead atoms. The van der Waals surface area contributed by atoms with Crippen molar-refractivity contribution in [2.75, 3.05) is 0 Å². The lowest BCUT2D eigenvalue weighted by atomic mass is 9.65. The molecule has 2 saturated carbocycles. The first-order valence-electron chi connectivity index (χ1n) is 8.64. The molecule has 1 amide bonds. The number of nitrogens with one attached hydrogen (secondary N) is 1. The molecule has 0 aliphatic heterocycles. The average Bonchev–Trinajstić information content (AvgIpc) is 2.52. The van der Waals surface area contributed by atoms with Gasteiger partial charge in [0.25, 0.3) is 0 Å². The molecule has 0 saturated heterocycles. The molecule has 1 aromatic rings. The lowest BCUT2D eigenvalue weighted by Gasteiger charge is -2.43. The zero-order chi connectivity index (χ0) is 18.2. The third-order valence-electron chi connectivity index (χ3n) is 5.61. The molecule has 0 aromatic heterocycles. The van der Waals surface area contributed by atoms with E-state index in [0.717, 1.165) is 31.4 Å². The zero-order valence-electron chi connectivity index (χ0n) is 13.8. The van der Waals surface area contributed by atoms with E-state index in [-0.39, 0.29) is 30.0 Å². The summed E-state index contributed by atoms with van der Waals surface area (Å²) < 4.78 is 52.2. The summed E-state index contributed by atoms with van der Waals surface area (Å²) in [6.07, 6.45) is -0.119. The minimum atomic E-state index is -4.66. The number of nitrogens with two attached hydrogens (primary N) is 1. The van der Waals surface area contributed by atoms with Gasteiger partial charge in [0.1, 0.15) is 5.82 Å². The van der Waals surface area contributed by atoms with Crippen molar-refractivity contribution in [2.24, 2.45) is 23.5 Å². The number of benzene rings is 1. The van der Waals surface area contributed by atoms with E-state index in [4.69, 9.17) is 5.73 Å². The van der Waals surface area contributed by atoms with Crippen molar-refractivity contribution in [1.82, 2.24) is 5.32 Å². The Labute approximate surface area is 144 Å². The van der Waals surface area contributed by atoms with Crippen molar-refractivity contribution >= 4 is 5.91 Å². The maximum atomic E-state index is 13.1. The van der Waals surface area contributed by atoms with E-state index in [1.165, 1.54) is 0 Å². The Morgan fingerprint density at radius 3 is 2.44 bits per heavy atom. The summed E-state index contributed by atoms with van der Waals surface area (Å²) in [6, 6.07) is 2.64. The fourth-order valence-electron chi connectivity index (χ4n) is 4.30. The molecule has 7 heteroatoms. The van der Waals surface area contributed by atoms with Gasteiger partial charge in [-0.25, -0.2) is 4.39 Å². The fourth-order valence-corrected chi connectivity index (χ4v) is 4.30. The number of fused-ring (bicyclic) bond motifs is 2. The lowest BCUT2D eigenvalue weighted by Crippen LogP contribution is -2.49. The van der Waals surface area contributed by atoms with E-state index in [1.807, 2.05) is 0 Å². The van der Waals surface area contributed by atoms with E-state index in [0.29, 0.717) is 30.7 Å². The predicted molar refractivity (Wildman–Crippen MR) is 84.8 cm³/mol. The third kappa shape index (κ3) is 3.97. The number of alkyl halides is 3. The van der Waals surface area contributed by atoms with Crippen LogP contribution in [0, 0.1) is 23.6 Å². The molecule has 2 fully saturated rings. The summed E-state index contributed by atoms with van der Waals surface area (Å²) in [5.41, 5.74) is 5.03. The van der Waals surface area contributed by atoms with Gasteiger partial charge in [-0.05, 0) is 55.2 Å². The topological polar surface area (TPSA) is 55.1 Å². The third-order valence-corrected chi connectivity index (χ3v) is 5.61. The van der Waals surface area contributed by atoms with Crippen LogP contribution in [0.15, 0.2) is 18.2 Å². The first-order valence-corrected chi connectivity index (χ1v) is 8.64. The van der Waals surface area contributed by atoms with Crippen molar-refractivity contribution in [3.05, 3.63) is 35.1 Å². The highest BCUT2D eigenvalue weighted by Gasteiger charge is 2.40. The molecule has 138 valence electrons. The van der Waals surface area contributed by atoms with Crippen LogP contribution in [0.3, 0.4) is 0 Å². The Hall–Kier alpha value is -1.63. The molecule has 0 radical (unpaired) electrons. The van der Waals surface area contributed by atoms with E-state index >= 15 is 0 Å². The van der Waals surface area contributed by atoms with Crippen LogP contribution >= 0.6 is 0 Å². The molecule has 2 aliphatic rings. The zero-order valence-corrected chi connectivity index (χ0v) is 13.8. The van der Waals surface area contributed by atoms with Gasteiger partial charge in [-0.2, -0.15) is 13.2 Å². The minimum Gasteiger partial charge on any atom is -0.352 e. The van der Waals surface area contributed by atoms with E-state index in [9.17, 15) is 22.4 Å². The minimum absolute atomic E-state index is 0.130. The SMILES string of the molecule is NC1C2CCCC1CC(C(=O)NCc1ccc(F)cc1C(F)(F)F)C2. The summed E-state index contributed by atoms with van der Waals surface area (Å²) in [4.78, 5) is 12.4. The van der Waals surface area contributed by atoms with Crippen LogP contribution in [0.2, 0.25) is 0 Å². The molecular weight excluding hydrogens is 336 g/mol. The molecule has 1 aromatic carbocycles. The largest absolute Gasteiger partial charge is 0.416 e. The second-order valence-electron chi connectivity index (χ2n) is 7.21. The Bertz CT molecular complexity index is 632. The quantitative estimate of drug-likeness (QED) is 0.811. The summed E-state index contributed by atoms with van der Waals surface area (Å²) in [7, 11) is 0. The number of carbonyl (C=O) groups is 1. The van der Waals surface area contributed by atoms with Crippen molar-refractivity contribution in [1.29, 1.82) is 0 Å². The van der Waals surface area contributed by atoms with Crippen molar-refractivity contribution < 1.29 is 22.4 Å². The lowest BCUT2D eigenvalue weighted by molar-refractivity contribution is -0.139. The second-order valence-corrected chi connectivity index (χ2v) is 7.21. The van der Waals surface area contributed by atoms with Crippen LogP contribution in [0.5, 0.6) is 0 Å². The van der Waals surface area contributed by atoms with Crippen LogP contribution < -0.4 is 11.1 Å². The van der Waals surface area contributed by atoms with Crippen LogP contribution in [-0.4, -0.2) is 11.9 Å². The number of rotatable bonds is 3. The van der Waals surface area contributed by atoms with Crippen molar-refractivity contribution in [2.45, 2.75) is 50.9 Å². The van der Waals surface area contributed by atoms with E-state index < -0.39 is 17.6 Å². The van der Waals surface area contributed by atoms with E-state index in [2.05, 4.69) is 5.32 Å². The Kier molecular flexibility index (Phi) is 5.04. The number of hydrogen-bond acceptors (Lipinski definition) is 2. The first kappa shape index (κ1) is 18.2. The maximum Gasteiger partial charge on any atom is 0.416 e. The molecular formula is C18H22F4N2O. The standard InChI is InChI=1S/C18H22F4N2O/c19-14-5-4-12(15(8-14)18(20,21)22)9-24-17(25)13-6-10-2-1-3-11(7-13)16(10)23/h4-5,8,10-11,13,16H,1-3,6-7,9,23H2,(H,24,25). The van der Waals surface area contributed by atoms with Crippen LogP contribution in [0.1, 0.15) is 43.2 Å². The van der Waals surface area contributed by atoms with E-state index in [1.54, 1.807) is 0 Å². The van der Waals surface area contributed by atoms with Crippen LogP contribution in [0.4, 0.5) is 17.6 Å². The normalized spacial score (nSPS) is 29.3. The first-order chi connectivity index (χ1) is 11.8. The number of halogens is 4. The number of hydrogen-bond donors (Lipinski definition) is 2. The smallest absolute Gasteiger partial charge is 0.352 e. The van der Waals surface area contributed by atoms with Crippen LogP contribution in [-0.2, 0) is 17.5 Å². The van der Waals surface area contributed by atoms with Crippen LogP contribution in [0.25, 0.3) is 0 Å². The fraction of sp³-hybridized carbons (Fsp3) is 0.611. The van der Waals surface area contributed by atoms with Gasteiger partial charge in [0, 0.05) is 18.5 Å². The Balaban J connectivity index is 1.65.